The Bertz CT molecular complexity index is 1950. The van der Waals surface area contributed by atoms with Crippen molar-refractivity contribution >= 4 is 33.4 Å². The molecular formula is C47H75N3O16P2. The van der Waals surface area contributed by atoms with Crippen LogP contribution in [0.3, 0.4) is 0 Å². The number of carbonyl (C=O) groups excluding carboxylic acids is 2. The van der Waals surface area contributed by atoms with Crippen molar-refractivity contribution in [3.05, 3.63) is 95.7 Å². The summed E-state index contributed by atoms with van der Waals surface area (Å²) in [5, 5.41) is 30.9. The van der Waals surface area contributed by atoms with E-state index in [1.54, 1.807) is 12.2 Å². The molecule has 384 valence electrons. The van der Waals surface area contributed by atoms with Gasteiger partial charge < -0.3 is 45.1 Å². The minimum Gasteiger partial charge on any atom is -0.462 e. The third kappa shape index (κ3) is 28.0. The molecule has 8 atom stereocenters. The second-order valence-corrected chi connectivity index (χ2v) is 19.6. The fourth-order valence-electron chi connectivity index (χ4n) is 6.43. The van der Waals surface area contributed by atoms with Crippen LogP contribution < -0.4 is 11.4 Å². The van der Waals surface area contributed by atoms with E-state index in [1.165, 1.54) is 18.9 Å². The van der Waals surface area contributed by atoms with E-state index >= 15 is 0 Å². The van der Waals surface area contributed by atoms with Crippen LogP contribution in [0, 0.1) is 5.92 Å². The Labute approximate surface area is 400 Å². The summed E-state index contributed by atoms with van der Waals surface area (Å²) in [6.45, 7) is 4.07. The molecule has 2 rings (SSSR count). The first-order valence-electron chi connectivity index (χ1n) is 23.4. The fraction of sp³-hybridized carbons (Fsp3) is 0.617. The first kappa shape index (κ1) is 60.3. The molecule has 1 aliphatic heterocycles. The molecule has 19 nitrogen and oxygen atoms in total. The number of allylic oxidation sites excluding steroid dienone is 10. The van der Waals surface area contributed by atoms with Crippen molar-refractivity contribution in [3.63, 3.8) is 0 Å². The maximum Gasteiger partial charge on any atom is 0.481 e. The van der Waals surface area contributed by atoms with Crippen LogP contribution in [-0.2, 0) is 46.3 Å². The summed E-state index contributed by atoms with van der Waals surface area (Å²) < 4.78 is 56.4. The second-order valence-electron chi connectivity index (χ2n) is 16.6. The molecule has 0 amide bonds. The van der Waals surface area contributed by atoms with Crippen molar-refractivity contribution in [2.75, 3.05) is 25.6 Å². The van der Waals surface area contributed by atoms with Crippen molar-refractivity contribution in [3.8, 4) is 0 Å². The van der Waals surface area contributed by atoms with E-state index in [0.29, 0.717) is 38.0 Å². The van der Waals surface area contributed by atoms with Crippen LogP contribution in [0.1, 0.15) is 130 Å². The quantitative estimate of drug-likeness (QED) is 0.0123. The molecule has 1 aliphatic rings. The van der Waals surface area contributed by atoms with E-state index in [1.807, 2.05) is 48.6 Å². The van der Waals surface area contributed by atoms with E-state index in [4.69, 9.17) is 29.0 Å². The Hall–Kier alpha value is -3.84. The maximum atomic E-state index is 12.8. The highest BCUT2D eigenvalue weighted by Gasteiger charge is 2.46. The number of anilines is 1. The molecule has 1 aromatic rings. The zero-order chi connectivity index (χ0) is 50.2. The highest BCUT2D eigenvalue weighted by molar-refractivity contribution is 7.61. The van der Waals surface area contributed by atoms with Crippen molar-refractivity contribution in [2.45, 2.75) is 160 Å². The van der Waals surface area contributed by atoms with Gasteiger partial charge in [-0.25, -0.2) is 13.9 Å². The van der Waals surface area contributed by atoms with E-state index in [9.17, 15) is 48.6 Å². The zero-order valence-corrected chi connectivity index (χ0v) is 41.4. The molecule has 0 radical (unpaired) electrons. The molecule has 21 heteroatoms. The van der Waals surface area contributed by atoms with Gasteiger partial charge in [0.2, 0.25) is 0 Å². The van der Waals surface area contributed by atoms with Gasteiger partial charge in [0.1, 0.15) is 30.7 Å². The number of aromatic nitrogens is 2. The summed E-state index contributed by atoms with van der Waals surface area (Å²) in [6, 6.07) is 1.24. The first-order chi connectivity index (χ1) is 32.4. The molecule has 3 unspecified atom stereocenters. The van der Waals surface area contributed by atoms with Crippen molar-refractivity contribution in [2.24, 2.45) is 5.92 Å². The lowest BCUT2D eigenvalue weighted by Crippen LogP contribution is -2.36. The second kappa shape index (κ2) is 34.5. The number of carbonyl (C=O) groups is 2. The van der Waals surface area contributed by atoms with Gasteiger partial charge in [-0.1, -0.05) is 139 Å². The van der Waals surface area contributed by atoms with Crippen LogP contribution in [0.25, 0.3) is 0 Å². The van der Waals surface area contributed by atoms with E-state index in [2.05, 4.69) is 42.2 Å². The lowest BCUT2D eigenvalue weighted by Gasteiger charge is -2.21. The van der Waals surface area contributed by atoms with E-state index < -0.39 is 89.8 Å². The van der Waals surface area contributed by atoms with Gasteiger partial charge in [-0.05, 0) is 56.9 Å². The minimum atomic E-state index is -5.44. The van der Waals surface area contributed by atoms with Crippen LogP contribution in [0.2, 0.25) is 0 Å². The number of aliphatic hydroxyl groups excluding tert-OH is 3. The van der Waals surface area contributed by atoms with Crippen LogP contribution >= 0.6 is 15.6 Å². The molecule has 68 heavy (non-hydrogen) atoms. The van der Waals surface area contributed by atoms with E-state index in [0.717, 1.165) is 55.7 Å². The van der Waals surface area contributed by atoms with Gasteiger partial charge in [-0.2, -0.15) is 9.29 Å². The van der Waals surface area contributed by atoms with Gasteiger partial charge in [-0.15, -0.1) is 0 Å². The number of nitrogens with two attached hydrogens (primary N) is 1. The van der Waals surface area contributed by atoms with Crippen molar-refractivity contribution < 1.29 is 71.4 Å². The maximum absolute atomic E-state index is 12.8. The Morgan fingerprint density at radius 2 is 1.46 bits per heavy atom. The van der Waals surface area contributed by atoms with Gasteiger partial charge >= 0.3 is 33.3 Å². The van der Waals surface area contributed by atoms with Crippen molar-refractivity contribution in [1.29, 1.82) is 0 Å². The number of phosphoric acid groups is 2. The molecule has 0 bridgehead atoms. The van der Waals surface area contributed by atoms with Crippen LogP contribution in [0.15, 0.2) is 90.0 Å². The number of phosphoric ester groups is 2. The lowest BCUT2D eigenvalue weighted by atomic mass is 10.0. The third-order valence-electron chi connectivity index (χ3n) is 10.1. The normalized spacial score (nSPS) is 20.7. The molecule has 0 saturated carbocycles. The number of esters is 2. The SMILES string of the molecule is CC/C=C\C/C=C\CC(O)/C=C/C=C\C/C=C\C/C=C\CCC(=O)OC[C@H](COP(=O)(O)OP(=O)(O)OC[C@H]1O[C@@H](n2ccc(N)nc2=O)[C@H](O)[C@@H]1O)OC(=O)CCCCCCCCCC(C)C. The number of rotatable bonds is 36. The summed E-state index contributed by atoms with van der Waals surface area (Å²) >= 11 is 0. The molecule has 0 aromatic carbocycles. The molecule has 1 aromatic heterocycles. The fourth-order valence-corrected chi connectivity index (χ4v) is 8.54. The monoisotopic (exact) mass is 999 g/mol. The number of nitrogens with zero attached hydrogens (tertiary/aromatic N) is 2. The van der Waals surface area contributed by atoms with Gasteiger partial charge in [0.15, 0.2) is 12.3 Å². The Morgan fingerprint density at radius 3 is 2.15 bits per heavy atom. The number of unbranched alkanes of at least 4 members (excludes halogenated alkanes) is 6. The summed E-state index contributed by atoms with van der Waals surface area (Å²) in [5.41, 5.74) is 4.56. The highest BCUT2D eigenvalue weighted by atomic mass is 31.3. The molecule has 1 fully saturated rings. The minimum absolute atomic E-state index is 0.0193. The molecule has 2 heterocycles. The molecule has 0 spiro atoms. The number of ether oxygens (including phenoxy) is 3. The molecule has 1 saturated heterocycles. The molecule has 7 N–H and O–H groups in total. The standard InChI is InChI=1S/C47H75N3O16P2/c1-4-5-6-7-18-23-28-38(51)29-24-19-14-10-8-9-11-15-20-25-30-42(52)61-34-39(64-43(53)31-26-21-16-12-13-17-22-27-37(2)3)35-62-67(57,58)66-68(59,60)63-36-40-44(54)45(55)46(65-40)50-33-32-41(48)49-47(50)56/h5-6,8-9,14-15,18-20,23-24,29,32-33,37-40,44-46,51,54-55H,4,7,10-13,16-17,21-22,25-28,30-31,34-36H2,1-3H3,(H,57,58)(H,59,60)(H2,48,49,56)/b6-5-,9-8-,19-14-,20-15-,23-18-,29-24+/t38?,39-,40-,44-,45-,46-/m1/s1. The van der Waals surface area contributed by atoms with Crippen molar-refractivity contribution in [1.82, 2.24) is 9.55 Å². The molecular weight excluding hydrogens is 924 g/mol. The number of nitrogen functional groups attached to an aromatic ring is 1. The van der Waals surface area contributed by atoms with Gasteiger partial charge in [-0.3, -0.25) is 23.2 Å². The summed E-state index contributed by atoms with van der Waals surface area (Å²) in [6.07, 6.45) is 27.9. The van der Waals surface area contributed by atoms with Crippen LogP contribution in [0.4, 0.5) is 5.82 Å². The topological polar surface area (TPSA) is 286 Å². The molecule has 0 aliphatic carbocycles. The summed E-state index contributed by atoms with van der Waals surface area (Å²) in [5.74, 6) is -0.768. The third-order valence-corrected chi connectivity index (χ3v) is 12.7. The summed E-state index contributed by atoms with van der Waals surface area (Å²) in [7, 11) is -10.9. The van der Waals surface area contributed by atoms with Gasteiger partial charge in [0.25, 0.3) is 0 Å². The van der Waals surface area contributed by atoms with Gasteiger partial charge in [0, 0.05) is 19.0 Å². The number of aliphatic hydroxyl groups is 3. The Kier molecular flexibility index (Phi) is 30.5. The first-order valence-corrected chi connectivity index (χ1v) is 26.4. The average molecular weight is 1000 g/mol. The largest absolute Gasteiger partial charge is 0.481 e. The van der Waals surface area contributed by atoms with E-state index in [-0.39, 0.29) is 18.7 Å². The smallest absolute Gasteiger partial charge is 0.462 e. The predicted octanol–water partition coefficient (Wildman–Crippen LogP) is 7.77. The predicted molar refractivity (Wildman–Crippen MR) is 258 cm³/mol. The number of hydrogen-bond acceptors (Lipinski definition) is 16. The number of hydrogen-bond donors (Lipinski definition) is 6. The average Bonchev–Trinajstić information content (AvgIpc) is 3.55. The Balaban J connectivity index is 1.85. The van der Waals surface area contributed by atoms with Gasteiger partial charge in [0.05, 0.1) is 19.3 Å². The van der Waals surface area contributed by atoms with Crippen LogP contribution in [-0.4, -0.2) is 96.9 Å². The zero-order valence-electron chi connectivity index (χ0n) is 39.7. The Morgan fingerprint density at radius 1 is 0.824 bits per heavy atom. The summed E-state index contributed by atoms with van der Waals surface area (Å²) in [4.78, 5) is 61.6. The highest BCUT2D eigenvalue weighted by Crippen LogP contribution is 2.60. The van der Waals surface area contributed by atoms with Crippen LogP contribution in [0.5, 0.6) is 0 Å². The lowest BCUT2D eigenvalue weighted by molar-refractivity contribution is -0.161.